The fraction of sp³-hybridized carbons (Fsp3) is 0.615. The molecule has 1 aromatic carbocycles. The molecule has 0 radical (unpaired) electrons. The summed E-state index contributed by atoms with van der Waals surface area (Å²) >= 11 is 0. The number of rotatable bonds is 4. The van der Waals surface area contributed by atoms with Crippen LogP contribution in [0, 0.1) is 5.82 Å². The Morgan fingerprint density at radius 2 is 2.06 bits per heavy atom. The van der Waals surface area contributed by atoms with E-state index in [9.17, 15) is 9.18 Å². The molecule has 5 nitrogen and oxygen atoms in total. The van der Waals surface area contributed by atoms with E-state index in [0.29, 0.717) is 11.7 Å². The molecule has 1 N–H and O–H groups in total. The van der Waals surface area contributed by atoms with Crippen molar-refractivity contribution in [1.29, 1.82) is 0 Å². The molecule has 6 heteroatoms. The van der Waals surface area contributed by atoms with Crippen LogP contribution in [0.4, 0.5) is 14.9 Å². The number of nitrogens with zero attached hydrogens (tertiary/aromatic N) is 3. The van der Waals surface area contributed by atoms with E-state index in [2.05, 4.69) is 23.2 Å². The molecule has 1 aromatic rings. The van der Waals surface area contributed by atoms with Gasteiger partial charge in [-0.2, -0.15) is 0 Å². The van der Waals surface area contributed by atoms with Crippen molar-refractivity contribution in [1.82, 2.24) is 10.2 Å². The number of carbonyl (C=O) groups is 1. The summed E-state index contributed by atoms with van der Waals surface area (Å²) in [6.45, 7) is 4.19. The van der Waals surface area contributed by atoms with Crippen LogP contribution < -0.4 is 10.2 Å². The zero-order valence-corrected chi connectivity index (χ0v) is 19.2. The van der Waals surface area contributed by atoms with Gasteiger partial charge in [-0.25, -0.2) is 9.18 Å². The van der Waals surface area contributed by atoms with Gasteiger partial charge in [0, 0.05) is 24.8 Å². The van der Waals surface area contributed by atoms with E-state index in [0.717, 1.165) is 44.6 Å². The highest BCUT2D eigenvalue weighted by atomic mass is 19.1. The Morgan fingerprint density at radius 3 is 2.78 bits per heavy atom. The lowest BCUT2D eigenvalue weighted by Crippen LogP contribution is -2.60. The number of hydrogen-bond donors (Lipinski definition) is 1. The SMILES string of the molecule is CC1CC2(CCN1CC1=CCCC1)C(=NC1CCCCC1)NC(=O)N2c1cccc(F)c1. The van der Waals surface area contributed by atoms with Crippen molar-refractivity contribution < 1.29 is 9.18 Å². The monoisotopic (exact) mass is 438 g/mol. The van der Waals surface area contributed by atoms with Gasteiger partial charge in [0.15, 0.2) is 0 Å². The molecule has 0 aromatic heterocycles. The maximum atomic E-state index is 14.1. The first kappa shape index (κ1) is 21.6. The number of piperidine rings is 1. The Morgan fingerprint density at radius 1 is 1.22 bits per heavy atom. The van der Waals surface area contributed by atoms with E-state index in [-0.39, 0.29) is 17.9 Å². The highest BCUT2D eigenvalue weighted by molar-refractivity contribution is 6.19. The molecule has 2 saturated heterocycles. The molecule has 2 heterocycles. The number of amidine groups is 1. The summed E-state index contributed by atoms with van der Waals surface area (Å²) in [4.78, 5) is 22.8. The molecule has 2 amide bonds. The number of carbonyl (C=O) groups excluding carboxylic acids is 1. The summed E-state index contributed by atoms with van der Waals surface area (Å²) in [6.07, 6.45) is 13.5. The first-order chi connectivity index (χ1) is 15.5. The smallest absolute Gasteiger partial charge is 0.297 e. The molecule has 2 atom stereocenters. The Hall–Kier alpha value is -2.21. The largest absolute Gasteiger partial charge is 0.328 e. The molecule has 1 spiro atoms. The van der Waals surface area contributed by atoms with E-state index in [1.165, 1.54) is 50.7 Å². The predicted octanol–water partition coefficient (Wildman–Crippen LogP) is 5.42. The average molecular weight is 439 g/mol. The zero-order chi connectivity index (χ0) is 22.1. The summed E-state index contributed by atoms with van der Waals surface area (Å²) in [6, 6.07) is 6.85. The van der Waals surface area contributed by atoms with E-state index in [1.54, 1.807) is 16.5 Å². The minimum Gasteiger partial charge on any atom is -0.297 e. The van der Waals surface area contributed by atoms with E-state index in [1.807, 2.05) is 6.07 Å². The zero-order valence-electron chi connectivity index (χ0n) is 19.2. The van der Waals surface area contributed by atoms with Crippen LogP contribution >= 0.6 is 0 Å². The van der Waals surface area contributed by atoms with Crippen LogP contribution in [0.3, 0.4) is 0 Å². The number of amides is 2. The fourth-order valence-corrected chi connectivity index (χ4v) is 6.16. The van der Waals surface area contributed by atoms with Crippen molar-refractivity contribution in [3.63, 3.8) is 0 Å². The normalized spacial score (nSPS) is 30.9. The Bertz CT molecular complexity index is 922. The number of likely N-dealkylation sites (tertiary alicyclic amines) is 1. The second-order valence-corrected chi connectivity index (χ2v) is 10.1. The first-order valence-electron chi connectivity index (χ1n) is 12.4. The van der Waals surface area contributed by atoms with Gasteiger partial charge in [-0.15, -0.1) is 0 Å². The molecule has 2 aliphatic heterocycles. The average Bonchev–Trinajstić information content (AvgIpc) is 3.37. The molecule has 5 rings (SSSR count). The van der Waals surface area contributed by atoms with Gasteiger partial charge in [-0.1, -0.05) is 37.0 Å². The van der Waals surface area contributed by atoms with Crippen molar-refractivity contribution in [3.8, 4) is 0 Å². The quantitative estimate of drug-likeness (QED) is 0.638. The van der Waals surface area contributed by atoms with Gasteiger partial charge in [0.05, 0.1) is 6.04 Å². The summed E-state index contributed by atoms with van der Waals surface area (Å²) in [5.41, 5.74) is 1.64. The van der Waals surface area contributed by atoms with Gasteiger partial charge in [0.25, 0.3) is 0 Å². The highest BCUT2D eigenvalue weighted by Crippen LogP contribution is 2.41. The molecule has 2 unspecified atom stereocenters. The van der Waals surface area contributed by atoms with Crippen LogP contribution in [0.2, 0.25) is 0 Å². The summed E-state index contributed by atoms with van der Waals surface area (Å²) in [7, 11) is 0. The summed E-state index contributed by atoms with van der Waals surface area (Å²) in [5, 5.41) is 3.12. The molecule has 0 bridgehead atoms. The van der Waals surface area contributed by atoms with Crippen LogP contribution in [-0.4, -0.2) is 47.5 Å². The Balaban J connectivity index is 1.47. The number of nitrogens with one attached hydrogen (secondary N) is 1. The second-order valence-electron chi connectivity index (χ2n) is 10.1. The van der Waals surface area contributed by atoms with Crippen molar-refractivity contribution in [2.45, 2.75) is 88.8 Å². The number of urea groups is 1. The lowest BCUT2D eigenvalue weighted by Gasteiger charge is -2.47. The minimum absolute atomic E-state index is 0.177. The van der Waals surface area contributed by atoms with E-state index < -0.39 is 5.54 Å². The molecule has 3 fully saturated rings. The topological polar surface area (TPSA) is 47.9 Å². The highest BCUT2D eigenvalue weighted by Gasteiger charge is 2.54. The van der Waals surface area contributed by atoms with E-state index >= 15 is 0 Å². The van der Waals surface area contributed by atoms with E-state index in [4.69, 9.17) is 4.99 Å². The van der Waals surface area contributed by atoms with Crippen molar-refractivity contribution in [2.75, 3.05) is 18.0 Å². The van der Waals surface area contributed by atoms with Crippen LogP contribution in [0.1, 0.15) is 71.1 Å². The van der Waals surface area contributed by atoms with Crippen LogP contribution in [0.15, 0.2) is 40.9 Å². The van der Waals surface area contributed by atoms with Gasteiger partial charge in [0.1, 0.15) is 17.2 Å². The maximum absolute atomic E-state index is 14.1. The predicted molar refractivity (Wildman–Crippen MR) is 127 cm³/mol. The van der Waals surface area contributed by atoms with Crippen molar-refractivity contribution >= 4 is 17.6 Å². The Kier molecular flexibility index (Phi) is 6.06. The minimum atomic E-state index is -0.525. The van der Waals surface area contributed by atoms with Gasteiger partial charge in [-0.3, -0.25) is 20.1 Å². The molecule has 1 saturated carbocycles. The number of aliphatic imine (C=N–C) groups is 1. The molecule has 32 heavy (non-hydrogen) atoms. The number of allylic oxidation sites excluding steroid dienone is 1. The maximum Gasteiger partial charge on any atom is 0.328 e. The first-order valence-corrected chi connectivity index (χ1v) is 12.4. The van der Waals surface area contributed by atoms with Crippen molar-refractivity contribution in [3.05, 3.63) is 41.7 Å². The number of benzene rings is 1. The molecule has 4 aliphatic rings. The van der Waals surface area contributed by atoms with Gasteiger partial charge in [-0.05, 0) is 70.1 Å². The van der Waals surface area contributed by atoms with Crippen LogP contribution in [-0.2, 0) is 0 Å². The van der Waals surface area contributed by atoms with Crippen LogP contribution in [0.25, 0.3) is 0 Å². The lowest BCUT2D eigenvalue weighted by atomic mass is 9.81. The third-order valence-corrected chi connectivity index (χ3v) is 7.86. The van der Waals surface area contributed by atoms with Gasteiger partial charge < -0.3 is 0 Å². The molecular weight excluding hydrogens is 403 g/mol. The number of hydrogen-bond acceptors (Lipinski definition) is 3. The standard InChI is InChI=1S/C26H35FN4O/c1-19-17-26(14-15-30(19)18-20-8-5-6-9-20)24(28-22-11-3-2-4-12-22)29-25(32)31(26)23-13-7-10-21(27)16-23/h7-8,10,13,16,19,22H,2-6,9,11-12,14-15,17-18H2,1H3,(H,28,29,32). The van der Waals surface area contributed by atoms with Gasteiger partial charge in [0.2, 0.25) is 0 Å². The number of anilines is 1. The van der Waals surface area contributed by atoms with Crippen molar-refractivity contribution in [2.24, 2.45) is 4.99 Å². The molecular formula is C26H35FN4O. The lowest BCUT2D eigenvalue weighted by molar-refractivity contribution is 0.141. The second kappa shape index (κ2) is 8.97. The molecule has 2 aliphatic carbocycles. The third-order valence-electron chi connectivity index (χ3n) is 7.86. The number of halogens is 1. The Labute approximate surface area is 190 Å². The summed E-state index contributed by atoms with van der Waals surface area (Å²) in [5.74, 6) is 0.493. The molecule has 172 valence electrons. The summed E-state index contributed by atoms with van der Waals surface area (Å²) < 4.78 is 14.1. The third kappa shape index (κ3) is 4.09. The van der Waals surface area contributed by atoms with Crippen LogP contribution in [0.5, 0.6) is 0 Å². The van der Waals surface area contributed by atoms with Gasteiger partial charge >= 0.3 is 6.03 Å². The fourth-order valence-electron chi connectivity index (χ4n) is 6.16.